The summed E-state index contributed by atoms with van der Waals surface area (Å²) in [5, 5.41) is 11.5. The van der Waals surface area contributed by atoms with Crippen LogP contribution in [0.4, 0.5) is 0 Å². The minimum Gasteiger partial charge on any atom is -0.484 e. The SMILES string of the molecule is COCCCC(NC(=O)COc1ccccc1C)C(=O)O. The zero-order valence-corrected chi connectivity index (χ0v) is 12.3. The maximum atomic E-state index is 11.7. The van der Waals surface area contributed by atoms with Crippen LogP contribution in [0.3, 0.4) is 0 Å². The number of ether oxygens (including phenoxy) is 2. The molecular formula is C15H21NO5. The third kappa shape index (κ3) is 6.27. The van der Waals surface area contributed by atoms with Crippen molar-refractivity contribution < 1.29 is 24.2 Å². The van der Waals surface area contributed by atoms with Crippen LogP contribution in [0.2, 0.25) is 0 Å². The molecule has 0 radical (unpaired) electrons. The third-order valence-electron chi connectivity index (χ3n) is 2.93. The maximum absolute atomic E-state index is 11.7. The Labute approximate surface area is 124 Å². The molecule has 6 nitrogen and oxygen atoms in total. The van der Waals surface area contributed by atoms with E-state index < -0.39 is 17.9 Å². The zero-order chi connectivity index (χ0) is 15.7. The monoisotopic (exact) mass is 295 g/mol. The number of amides is 1. The van der Waals surface area contributed by atoms with Gasteiger partial charge in [0.05, 0.1) is 0 Å². The molecule has 1 rings (SSSR count). The van der Waals surface area contributed by atoms with Gasteiger partial charge in [-0.15, -0.1) is 0 Å². The number of aliphatic carboxylic acids is 1. The molecule has 21 heavy (non-hydrogen) atoms. The number of carboxylic acids is 1. The molecule has 1 atom stereocenters. The van der Waals surface area contributed by atoms with Gasteiger partial charge in [0.25, 0.3) is 5.91 Å². The summed E-state index contributed by atoms with van der Waals surface area (Å²) < 4.78 is 10.2. The fourth-order valence-electron chi connectivity index (χ4n) is 1.79. The van der Waals surface area contributed by atoms with Gasteiger partial charge < -0.3 is 19.9 Å². The Morgan fingerprint density at radius 1 is 1.33 bits per heavy atom. The highest BCUT2D eigenvalue weighted by atomic mass is 16.5. The van der Waals surface area contributed by atoms with E-state index >= 15 is 0 Å². The molecule has 0 aliphatic carbocycles. The molecule has 6 heteroatoms. The van der Waals surface area contributed by atoms with Crippen molar-refractivity contribution >= 4 is 11.9 Å². The van der Waals surface area contributed by atoms with Gasteiger partial charge in [0.2, 0.25) is 0 Å². The summed E-state index contributed by atoms with van der Waals surface area (Å²) in [6.45, 7) is 2.12. The van der Waals surface area contributed by atoms with E-state index in [4.69, 9.17) is 14.6 Å². The molecule has 1 amide bonds. The van der Waals surface area contributed by atoms with Crippen molar-refractivity contribution in [2.75, 3.05) is 20.3 Å². The number of benzene rings is 1. The summed E-state index contributed by atoms with van der Waals surface area (Å²) in [5.74, 6) is -0.905. The van der Waals surface area contributed by atoms with Crippen molar-refractivity contribution in [1.29, 1.82) is 0 Å². The van der Waals surface area contributed by atoms with E-state index in [0.717, 1.165) is 5.56 Å². The Balaban J connectivity index is 2.43. The third-order valence-corrected chi connectivity index (χ3v) is 2.93. The summed E-state index contributed by atoms with van der Waals surface area (Å²) in [5.41, 5.74) is 0.917. The summed E-state index contributed by atoms with van der Waals surface area (Å²) in [6.07, 6.45) is 0.881. The molecule has 1 unspecified atom stereocenters. The summed E-state index contributed by atoms with van der Waals surface area (Å²) >= 11 is 0. The second-order valence-electron chi connectivity index (χ2n) is 4.65. The fourth-order valence-corrected chi connectivity index (χ4v) is 1.79. The van der Waals surface area contributed by atoms with Crippen LogP contribution >= 0.6 is 0 Å². The van der Waals surface area contributed by atoms with Gasteiger partial charge in [-0.2, -0.15) is 0 Å². The highest BCUT2D eigenvalue weighted by Gasteiger charge is 2.19. The van der Waals surface area contributed by atoms with E-state index in [0.29, 0.717) is 25.2 Å². The Kier molecular flexibility index (Phi) is 7.25. The number of rotatable bonds is 9. The van der Waals surface area contributed by atoms with Gasteiger partial charge in [-0.05, 0) is 31.4 Å². The average molecular weight is 295 g/mol. The molecule has 0 bridgehead atoms. The van der Waals surface area contributed by atoms with E-state index in [1.165, 1.54) is 0 Å². The highest BCUT2D eigenvalue weighted by Crippen LogP contribution is 2.15. The van der Waals surface area contributed by atoms with Gasteiger partial charge in [0.15, 0.2) is 6.61 Å². The molecule has 0 spiro atoms. The number of nitrogens with one attached hydrogen (secondary N) is 1. The lowest BCUT2D eigenvalue weighted by atomic mass is 10.1. The van der Waals surface area contributed by atoms with Gasteiger partial charge in [-0.1, -0.05) is 18.2 Å². The minimum absolute atomic E-state index is 0.209. The number of carbonyl (C=O) groups excluding carboxylic acids is 1. The van der Waals surface area contributed by atoms with E-state index in [-0.39, 0.29) is 6.61 Å². The van der Waals surface area contributed by atoms with Crippen molar-refractivity contribution in [2.45, 2.75) is 25.8 Å². The Bertz CT molecular complexity index is 475. The van der Waals surface area contributed by atoms with E-state index in [9.17, 15) is 9.59 Å². The number of para-hydroxylation sites is 1. The Morgan fingerprint density at radius 3 is 2.67 bits per heavy atom. The first-order chi connectivity index (χ1) is 10.0. The quantitative estimate of drug-likeness (QED) is 0.672. The first kappa shape index (κ1) is 17.0. The van der Waals surface area contributed by atoms with Gasteiger partial charge in [-0.3, -0.25) is 4.79 Å². The molecule has 0 saturated carbocycles. The van der Waals surface area contributed by atoms with Crippen molar-refractivity contribution in [2.24, 2.45) is 0 Å². The molecular weight excluding hydrogens is 274 g/mol. The number of methoxy groups -OCH3 is 1. The summed E-state index contributed by atoms with van der Waals surface area (Å²) in [6, 6.07) is 6.39. The Morgan fingerprint density at radius 2 is 2.05 bits per heavy atom. The van der Waals surface area contributed by atoms with Crippen LogP contribution < -0.4 is 10.1 Å². The fraction of sp³-hybridized carbons (Fsp3) is 0.467. The van der Waals surface area contributed by atoms with Crippen LogP contribution in [0, 0.1) is 6.92 Å². The summed E-state index contributed by atoms with van der Waals surface area (Å²) in [7, 11) is 1.55. The van der Waals surface area contributed by atoms with Gasteiger partial charge in [0.1, 0.15) is 11.8 Å². The van der Waals surface area contributed by atoms with E-state index in [2.05, 4.69) is 5.32 Å². The number of hydrogen-bond acceptors (Lipinski definition) is 4. The lowest BCUT2D eigenvalue weighted by Gasteiger charge is -2.15. The normalized spacial score (nSPS) is 11.7. The average Bonchev–Trinajstić information content (AvgIpc) is 2.45. The topological polar surface area (TPSA) is 84.9 Å². The van der Waals surface area contributed by atoms with E-state index in [1.807, 2.05) is 25.1 Å². The van der Waals surface area contributed by atoms with Crippen molar-refractivity contribution in [1.82, 2.24) is 5.32 Å². The number of aryl methyl sites for hydroxylation is 1. The molecule has 0 heterocycles. The van der Waals surface area contributed by atoms with Crippen LogP contribution in [0.15, 0.2) is 24.3 Å². The first-order valence-electron chi connectivity index (χ1n) is 6.74. The zero-order valence-electron chi connectivity index (χ0n) is 12.3. The lowest BCUT2D eigenvalue weighted by Crippen LogP contribution is -2.43. The lowest BCUT2D eigenvalue weighted by molar-refractivity contribution is -0.142. The molecule has 2 N–H and O–H groups in total. The summed E-state index contributed by atoms with van der Waals surface area (Å²) in [4.78, 5) is 22.8. The molecule has 0 fully saturated rings. The van der Waals surface area contributed by atoms with Crippen LogP contribution in [0.1, 0.15) is 18.4 Å². The Hall–Kier alpha value is -2.08. The van der Waals surface area contributed by atoms with Crippen molar-refractivity contribution in [3.8, 4) is 5.75 Å². The van der Waals surface area contributed by atoms with Crippen LogP contribution in [0.5, 0.6) is 5.75 Å². The first-order valence-corrected chi connectivity index (χ1v) is 6.74. The molecule has 1 aromatic rings. The second kappa shape index (κ2) is 8.97. The largest absolute Gasteiger partial charge is 0.484 e. The molecule has 0 aliphatic heterocycles. The van der Waals surface area contributed by atoms with Gasteiger partial charge in [0, 0.05) is 13.7 Å². The minimum atomic E-state index is -1.06. The number of hydrogen-bond donors (Lipinski definition) is 2. The van der Waals surface area contributed by atoms with Crippen LogP contribution in [0.25, 0.3) is 0 Å². The number of carbonyl (C=O) groups is 2. The molecule has 0 aliphatic rings. The van der Waals surface area contributed by atoms with Crippen LogP contribution in [-0.4, -0.2) is 43.3 Å². The van der Waals surface area contributed by atoms with Gasteiger partial charge >= 0.3 is 5.97 Å². The highest BCUT2D eigenvalue weighted by molar-refractivity contribution is 5.84. The smallest absolute Gasteiger partial charge is 0.326 e. The van der Waals surface area contributed by atoms with Crippen LogP contribution in [-0.2, 0) is 14.3 Å². The molecule has 1 aromatic carbocycles. The van der Waals surface area contributed by atoms with Gasteiger partial charge in [-0.25, -0.2) is 4.79 Å². The van der Waals surface area contributed by atoms with E-state index in [1.54, 1.807) is 13.2 Å². The number of carboxylic acid groups (broad SMARTS) is 1. The second-order valence-corrected chi connectivity index (χ2v) is 4.65. The predicted molar refractivity (Wildman–Crippen MR) is 77.4 cm³/mol. The van der Waals surface area contributed by atoms with Crippen molar-refractivity contribution in [3.63, 3.8) is 0 Å². The molecule has 116 valence electrons. The predicted octanol–water partition coefficient (Wildman–Crippen LogP) is 1.37. The standard InChI is InChI=1S/C15H21NO5/c1-11-6-3-4-8-13(11)21-10-14(17)16-12(15(18)19)7-5-9-20-2/h3-4,6,8,12H,5,7,9-10H2,1-2H3,(H,16,17)(H,18,19). The molecule has 0 aromatic heterocycles. The van der Waals surface area contributed by atoms with Crippen molar-refractivity contribution in [3.05, 3.63) is 29.8 Å². The maximum Gasteiger partial charge on any atom is 0.326 e. The molecule has 0 saturated heterocycles.